The van der Waals surface area contributed by atoms with Gasteiger partial charge >= 0.3 is 6.18 Å². The maximum Gasteiger partial charge on any atom is 0.435 e. The highest BCUT2D eigenvalue weighted by Gasteiger charge is 2.38. The highest BCUT2D eigenvalue weighted by molar-refractivity contribution is 6.33. The Labute approximate surface area is 142 Å². The number of allylic oxidation sites excluding steroid dienone is 1. The van der Waals surface area contributed by atoms with Gasteiger partial charge in [0.05, 0.1) is 16.8 Å². The van der Waals surface area contributed by atoms with E-state index in [0.717, 1.165) is 17.2 Å². The van der Waals surface area contributed by atoms with Gasteiger partial charge in [-0.15, -0.1) is 0 Å². The minimum Gasteiger partial charge on any atom is -0.252 e. The number of hydrazone groups is 1. The Morgan fingerprint density at radius 3 is 2.33 bits per heavy atom. The lowest BCUT2D eigenvalue weighted by atomic mass is 10.0. The molecule has 1 unspecified atom stereocenters. The van der Waals surface area contributed by atoms with Gasteiger partial charge in [-0.25, -0.2) is 0 Å². The van der Waals surface area contributed by atoms with Gasteiger partial charge in [0.2, 0.25) is 0 Å². The SMILES string of the molecule is Cc1ccc(C2C=CC(C(F)(F)F)=NN2c2ccccc2Cl)cc1. The van der Waals surface area contributed by atoms with Gasteiger partial charge in [-0.3, -0.25) is 5.01 Å². The van der Waals surface area contributed by atoms with Gasteiger partial charge < -0.3 is 0 Å². The lowest BCUT2D eigenvalue weighted by Gasteiger charge is -2.31. The molecule has 0 saturated carbocycles. The molecule has 2 nitrogen and oxygen atoms in total. The molecule has 0 N–H and O–H groups in total. The van der Waals surface area contributed by atoms with E-state index in [1.165, 1.54) is 11.1 Å². The average molecular weight is 351 g/mol. The van der Waals surface area contributed by atoms with Gasteiger partial charge in [0.1, 0.15) is 0 Å². The zero-order valence-corrected chi connectivity index (χ0v) is 13.5. The predicted octanol–water partition coefficient (Wildman–Crippen LogP) is 5.68. The molecule has 3 rings (SSSR count). The van der Waals surface area contributed by atoms with Crippen LogP contribution in [0.2, 0.25) is 5.02 Å². The Kier molecular flexibility index (Phi) is 4.37. The van der Waals surface area contributed by atoms with Crippen LogP contribution >= 0.6 is 11.6 Å². The van der Waals surface area contributed by atoms with Gasteiger partial charge in [0.25, 0.3) is 0 Å². The molecule has 1 aliphatic rings. The first kappa shape index (κ1) is 16.6. The highest BCUT2D eigenvalue weighted by Crippen LogP contribution is 2.37. The third-order valence-electron chi connectivity index (χ3n) is 3.72. The van der Waals surface area contributed by atoms with Crippen molar-refractivity contribution in [2.45, 2.75) is 19.1 Å². The molecule has 0 aliphatic carbocycles. The standard InChI is InChI=1S/C18H14ClF3N2/c1-12-6-8-13(9-7-12)15-10-11-17(18(20,21)22)23-24(15)16-5-3-2-4-14(16)19/h2-11,15H,1H3. The summed E-state index contributed by atoms with van der Waals surface area (Å²) < 4.78 is 39.2. The summed E-state index contributed by atoms with van der Waals surface area (Å²) in [6.07, 6.45) is -2.02. The lowest BCUT2D eigenvalue weighted by molar-refractivity contribution is -0.0581. The van der Waals surface area contributed by atoms with E-state index in [0.29, 0.717) is 10.7 Å². The van der Waals surface area contributed by atoms with E-state index in [9.17, 15) is 13.2 Å². The molecule has 0 bridgehead atoms. The van der Waals surface area contributed by atoms with E-state index in [1.54, 1.807) is 24.3 Å². The molecular weight excluding hydrogens is 337 g/mol. The summed E-state index contributed by atoms with van der Waals surface area (Å²) in [5.41, 5.74) is 1.38. The van der Waals surface area contributed by atoms with Crippen LogP contribution in [0.3, 0.4) is 0 Å². The Balaban J connectivity index is 2.09. The minimum atomic E-state index is -4.52. The number of hydrogen-bond donors (Lipinski definition) is 0. The Morgan fingerprint density at radius 1 is 1.04 bits per heavy atom. The van der Waals surface area contributed by atoms with Gasteiger partial charge in [0, 0.05) is 0 Å². The van der Waals surface area contributed by atoms with Crippen molar-refractivity contribution in [2.24, 2.45) is 5.10 Å². The number of hydrogen-bond acceptors (Lipinski definition) is 2. The van der Waals surface area contributed by atoms with Crippen molar-refractivity contribution >= 4 is 23.0 Å². The van der Waals surface area contributed by atoms with Crippen LogP contribution in [0.15, 0.2) is 65.8 Å². The Bertz CT molecular complexity index is 795. The molecule has 2 aromatic rings. The third-order valence-corrected chi connectivity index (χ3v) is 4.04. The van der Waals surface area contributed by atoms with E-state index >= 15 is 0 Å². The average Bonchev–Trinajstić information content (AvgIpc) is 2.55. The summed E-state index contributed by atoms with van der Waals surface area (Å²) in [5, 5.41) is 5.48. The number of benzene rings is 2. The van der Waals surface area contributed by atoms with Gasteiger partial charge in [-0.05, 0) is 30.7 Å². The second-order valence-corrected chi connectivity index (χ2v) is 5.90. The number of nitrogens with zero attached hydrogens (tertiary/aromatic N) is 2. The van der Waals surface area contributed by atoms with E-state index in [-0.39, 0.29) is 0 Å². The summed E-state index contributed by atoms with van der Waals surface area (Å²) in [6.45, 7) is 1.95. The molecule has 0 fully saturated rings. The smallest absolute Gasteiger partial charge is 0.252 e. The molecular formula is C18H14ClF3N2. The summed E-state index contributed by atoms with van der Waals surface area (Å²) in [6, 6.07) is 13.8. The van der Waals surface area contributed by atoms with E-state index < -0.39 is 17.9 Å². The first-order valence-electron chi connectivity index (χ1n) is 7.30. The summed E-state index contributed by atoms with van der Waals surface area (Å²) >= 11 is 6.18. The van der Waals surface area contributed by atoms with E-state index in [2.05, 4.69) is 5.10 Å². The zero-order valence-electron chi connectivity index (χ0n) is 12.8. The van der Waals surface area contributed by atoms with Gasteiger partial charge in [-0.2, -0.15) is 18.3 Å². The molecule has 2 aromatic carbocycles. The minimum absolute atomic E-state index is 0.343. The van der Waals surface area contributed by atoms with Crippen LogP contribution in [-0.2, 0) is 0 Å². The monoisotopic (exact) mass is 350 g/mol. The van der Waals surface area contributed by atoms with Crippen molar-refractivity contribution in [1.29, 1.82) is 0 Å². The van der Waals surface area contributed by atoms with Crippen molar-refractivity contribution in [1.82, 2.24) is 0 Å². The number of aryl methyl sites for hydroxylation is 1. The molecule has 6 heteroatoms. The fourth-order valence-electron chi connectivity index (χ4n) is 2.48. The van der Waals surface area contributed by atoms with Crippen LogP contribution < -0.4 is 5.01 Å². The first-order valence-corrected chi connectivity index (χ1v) is 7.68. The summed E-state index contributed by atoms with van der Waals surface area (Å²) in [4.78, 5) is 0. The van der Waals surface area contributed by atoms with Crippen LogP contribution in [0.5, 0.6) is 0 Å². The molecule has 0 radical (unpaired) electrons. The summed E-state index contributed by atoms with van der Waals surface area (Å²) in [5.74, 6) is 0. The predicted molar refractivity (Wildman–Crippen MR) is 90.5 cm³/mol. The van der Waals surface area contributed by atoms with Crippen LogP contribution in [0.4, 0.5) is 18.9 Å². The van der Waals surface area contributed by atoms with Crippen LogP contribution in [0, 0.1) is 6.92 Å². The molecule has 0 amide bonds. The summed E-state index contributed by atoms with van der Waals surface area (Å²) in [7, 11) is 0. The highest BCUT2D eigenvalue weighted by atomic mass is 35.5. The Morgan fingerprint density at radius 2 is 1.71 bits per heavy atom. The number of para-hydroxylation sites is 1. The number of rotatable bonds is 2. The van der Waals surface area contributed by atoms with E-state index in [1.807, 2.05) is 31.2 Å². The number of anilines is 1. The second kappa shape index (κ2) is 6.32. The number of halogens is 4. The van der Waals surface area contributed by atoms with Crippen LogP contribution in [-0.4, -0.2) is 11.9 Å². The fraction of sp³-hybridized carbons (Fsp3) is 0.167. The molecule has 1 atom stereocenters. The zero-order chi connectivity index (χ0) is 17.3. The largest absolute Gasteiger partial charge is 0.435 e. The lowest BCUT2D eigenvalue weighted by Crippen LogP contribution is -2.32. The third kappa shape index (κ3) is 3.31. The van der Waals surface area contributed by atoms with Gasteiger partial charge in [-0.1, -0.05) is 59.6 Å². The van der Waals surface area contributed by atoms with Crippen molar-refractivity contribution in [3.05, 3.63) is 76.8 Å². The van der Waals surface area contributed by atoms with Crippen LogP contribution in [0.1, 0.15) is 17.2 Å². The molecule has 1 heterocycles. The Hall–Kier alpha value is -2.27. The normalized spacial score (nSPS) is 17.8. The molecule has 0 aromatic heterocycles. The molecule has 1 aliphatic heterocycles. The van der Waals surface area contributed by atoms with Gasteiger partial charge in [0.15, 0.2) is 5.71 Å². The topological polar surface area (TPSA) is 15.6 Å². The van der Waals surface area contributed by atoms with Crippen molar-refractivity contribution in [3.8, 4) is 0 Å². The van der Waals surface area contributed by atoms with Crippen LogP contribution in [0.25, 0.3) is 0 Å². The quantitative estimate of drug-likeness (QED) is 0.680. The van der Waals surface area contributed by atoms with Crippen molar-refractivity contribution in [3.63, 3.8) is 0 Å². The number of alkyl halides is 3. The molecule has 24 heavy (non-hydrogen) atoms. The fourth-order valence-corrected chi connectivity index (χ4v) is 2.71. The first-order chi connectivity index (χ1) is 11.4. The maximum atomic E-state index is 13.1. The maximum absolute atomic E-state index is 13.1. The molecule has 0 saturated heterocycles. The molecule has 124 valence electrons. The van der Waals surface area contributed by atoms with E-state index in [4.69, 9.17) is 11.6 Å². The molecule has 0 spiro atoms. The second-order valence-electron chi connectivity index (χ2n) is 5.49. The van der Waals surface area contributed by atoms with Crippen molar-refractivity contribution < 1.29 is 13.2 Å². The van der Waals surface area contributed by atoms with Crippen molar-refractivity contribution in [2.75, 3.05) is 5.01 Å².